The van der Waals surface area contributed by atoms with Crippen LogP contribution in [0, 0.1) is 6.92 Å². The Balaban J connectivity index is 1.78. The van der Waals surface area contributed by atoms with Gasteiger partial charge in [0.25, 0.3) is 0 Å². The summed E-state index contributed by atoms with van der Waals surface area (Å²) in [7, 11) is 0. The van der Waals surface area contributed by atoms with E-state index in [0.29, 0.717) is 6.79 Å². The van der Waals surface area contributed by atoms with Crippen molar-refractivity contribution >= 4 is 0 Å². The fraction of sp³-hybridized carbons (Fsp3) is 0.222. The van der Waals surface area contributed by atoms with E-state index in [4.69, 9.17) is 14.5 Å². The summed E-state index contributed by atoms with van der Waals surface area (Å²) in [6.07, 6.45) is 4.62. The number of nitrogens with zero attached hydrogens (tertiary/aromatic N) is 3. The zero-order chi connectivity index (χ0) is 15.4. The molecule has 5 rings (SSSR count). The van der Waals surface area contributed by atoms with Crippen LogP contribution in [-0.2, 0) is 13.0 Å². The maximum atomic E-state index is 5.57. The Morgan fingerprint density at radius 3 is 2.87 bits per heavy atom. The topological polar surface area (TPSA) is 49.2 Å². The Labute approximate surface area is 133 Å². The van der Waals surface area contributed by atoms with Crippen molar-refractivity contribution in [3.63, 3.8) is 0 Å². The van der Waals surface area contributed by atoms with Crippen LogP contribution in [0.4, 0.5) is 0 Å². The van der Waals surface area contributed by atoms with E-state index in [1.54, 1.807) is 6.20 Å². The average molecular weight is 305 g/mol. The lowest BCUT2D eigenvalue weighted by Crippen LogP contribution is -2.12. The van der Waals surface area contributed by atoms with Crippen LogP contribution in [-0.4, -0.2) is 21.3 Å². The van der Waals surface area contributed by atoms with Gasteiger partial charge in [-0.25, -0.2) is 4.98 Å². The van der Waals surface area contributed by atoms with E-state index in [0.717, 1.165) is 47.2 Å². The predicted molar refractivity (Wildman–Crippen MR) is 85.5 cm³/mol. The Morgan fingerprint density at radius 1 is 1.17 bits per heavy atom. The normalized spacial score (nSPS) is 14.5. The lowest BCUT2D eigenvalue weighted by molar-refractivity contribution is 0.174. The van der Waals surface area contributed by atoms with Crippen LogP contribution in [0.25, 0.3) is 22.5 Å². The number of aryl methyl sites for hydroxylation is 2. The number of benzene rings is 1. The number of pyridine rings is 1. The highest BCUT2D eigenvalue weighted by molar-refractivity contribution is 5.82. The SMILES string of the molecule is Cc1nc(-c2cccnc2)c2n1CCc1cc3c(cc1-2)OCO3. The minimum absolute atomic E-state index is 0.298. The van der Waals surface area contributed by atoms with Crippen molar-refractivity contribution in [3.8, 4) is 34.0 Å². The first kappa shape index (κ1) is 12.7. The van der Waals surface area contributed by atoms with Crippen LogP contribution < -0.4 is 9.47 Å². The van der Waals surface area contributed by atoms with Crippen molar-refractivity contribution < 1.29 is 9.47 Å². The molecule has 0 atom stereocenters. The van der Waals surface area contributed by atoms with Crippen LogP contribution in [0.2, 0.25) is 0 Å². The molecule has 114 valence electrons. The van der Waals surface area contributed by atoms with E-state index in [-0.39, 0.29) is 0 Å². The molecule has 0 saturated carbocycles. The van der Waals surface area contributed by atoms with Gasteiger partial charge in [-0.3, -0.25) is 4.98 Å². The molecule has 2 aliphatic heterocycles. The van der Waals surface area contributed by atoms with Gasteiger partial charge in [0, 0.05) is 30.1 Å². The molecule has 5 nitrogen and oxygen atoms in total. The molecule has 5 heteroatoms. The lowest BCUT2D eigenvalue weighted by Gasteiger charge is -2.21. The Morgan fingerprint density at radius 2 is 2.04 bits per heavy atom. The van der Waals surface area contributed by atoms with Gasteiger partial charge in [0.15, 0.2) is 11.5 Å². The van der Waals surface area contributed by atoms with Gasteiger partial charge in [-0.05, 0) is 43.2 Å². The van der Waals surface area contributed by atoms with Crippen LogP contribution in [0.3, 0.4) is 0 Å². The molecular formula is C18H15N3O2. The van der Waals surface area contributed by atoms with Gasteiger partial charge in [-0.1, -0.05) is 0 Å². The Kier molecular flexibility index (Phi) is 2.53. The fourth-order valence-corrected chi connectivity index (χ4v) is 3.46. The van der Waals surface area contributed by atoms with Crippen molar-refractivity contribution in [1.82, 2.24) is 14.5 Å². The average Bonchev–Trinajstić information content (AvgIpc) is 3.17. The molecule has 0 bridgehead atoms. The third-order valence-electron chi connectivity index (χ3n) is 4.55. The predicted octanol–water partition coefficient (Wildman–Crippen LogP) is 3.21. The number of aromatic nitrogens is 3. The maximum absolute atomic E-state index is 5.57. The van der Waals surface area contributed by atoms with Crippen molar-refractivity contribution in [2.24, 2.45) is 0 Å². The first-order valence-corrected chi connectivity index (χ1v) is 7.71. The Bertz CT molecular complexity index is 916. The molecule has 0 amide bonds. The van der Waals surface area contributed by atoms with Gasteiger partial charge < -0.3 is 14.0 Å². The highest BCUT2D eigenvalue weighted by Gasteiger charge is 2.27. The second-order valence-corrected chi connectivity index (χ2v) is 5.86. The summed E-state index contributed by atoms with van der Waals surface area (Å²) in [6, 6.07) is 8.19. The molecule has 0 unspecified atom stereocenters. The summed E-state index contributed by atoms with van der Waals surface area (Å²) >= 11 is 0. The summed E-state index contributed by atoms with van der Waals surface area (Å²) < 4.78 is 13.4. The summed E-state index contributed by atoms with van der Waals surface area (Å²) in [5, 5.41) is 0. The van der Waals surface area contributed by atoms with Crippen LogP contribution in [0.5, 0.6) is 11.5 Å². The van der Waals surface area contributed by atoms with Gasteiger partial charge in [0.1, 0.15) is 5.82 Å². The summed E-state index contributed by atoms with van der Waals surface area (Å²) in [4.78, 5) is 9.04. The summed E-state index contributed by atoms with van der Waals surface area (Å²) in [5.41, 5.74) is 5.63. The molecule has 3 aromatic rings. The van der Waals surface area contributed by atoms with E-state index in [9.17, 15) is 0 Å². The van der Waals surface area contributed by atoms with E-state index in [2.05, 4.69) is 34.7 Å². The highest BCUT2D eigenvalue weighted by atomic mass is 16.7. The molecule has 0 aliphatic carbocycles. The molecule has 0 spiro atoms. The molecular weight excluding hydrogens is 290 g/mol. The zero-order valence-electron chi connectivity index (χ0n) is 12.7. The van der Waals surface area contributed by atoms with Gasteiger partial charge in [-0.15, -0.1) is 0 Å². The lowest BCUT2D eigenvalue weighted by atomic mass is 9.95. The molecule has 1 aromatic carbocycles. The first-order chi connectivity index (χ1) is 11.3. The number of fused-ring (bicyclic) bond motifs is 4. The van der Waals surface area contributed by atoms with Crippen LogP contribution >= 0.6 is 0 Å². The molecule has 0 saturated heterocycles. The van der Waals surface area contributed by atoms with E-state index >= 15 is 0 Å². The van der Waals surface area contributed by atoms with Gasteiger partial charge in [-0.2, -0.15) is 0 Å². The highest BCUT2D eigenvalue weighted by Crippen LogP contribution is 2.44. The fourth-order valence-electron chi connectivity index (χ4n) is 3.46. The number of imidazole rings is 1. The van der Waals surface area contributed by atoms with E-state index < -0.39 is 0 Å². The Hall–Kier alpha value is -2.82. The second-order valence-electron chi connectivity index (χ2n) is 5.86. The van der Waals surface area contributed by atoms with Gasteiger partial charge in [0.05, 0.1) is 11.4 Å². The molecule has 4 heterocycles. The van der Waals surface area contributed by atoms with Crippen molar-refractivity contribution in [3.05, 3.63) is 48.0 Å². The van der Waals surface area contributed by atoms with E-state index in [1.807, 2.05) is 12.3 Å². The van der Waals surface area contributed by atoms with Crippen molar-refractivity contribution in [2.75, 3.05) is 6.79 Å². The molecule has 2 aromatic heterocycles. The molecule has 23 heavy (non-hydrogen) atoms. The van der Waals surface area contributed by atoms with Crippen molar-refractivity contribution in [2.45, 2.75) is 19.9 Å². The number of ether oxygens (including phenoxy) is 2. The standard InChI is InChI=1S/C18H15N3O2/c1-11-20-17(13-3-2-5-19-9-13)18-14-8-16-15(22-10-23-16)7-12(14)4-6-21(11)18/h2-3,5,7-9H,4,6,10H2,1H3. The number of hydrogen-bond donors (Lipinski definition) is 0. The maximum Gasteiger partial charge on any atom is 0.231 e. The van der Waals surface area contributed by atoms with Crippen molar-refractivity contribution in [1.29, 1.82) is 0 Å². The molecule has 0 N–H and O–H groups in total. The molecule has 2 aliphatic rings. The monoisotopic (exact) mass is 305 g/mol. The van der Waals surface area contributed by atoms with E-state index in [1.165, 1.54) is 11.1 Å². The number of rotatable bonds is 1. The molecule has 0 radical (unpaired) electrons. The minimum atomic E-state index is 0.298. The molecule has 0 fully saturated rings. The summed E-state index contributed by atoms with van der Waals surface area (Å²) in [6.45, 7) is 3.29. The second kappa shape index (κ2) is 4.59. The largest absolute Gasteiger partial charge is 0.454 e. The van der Waals surface area contributed by atoms with Crippen LogP contribution in [0.1, 0.15) is 11.4 Å². The minimum Gasteiger partial charge on any atom is -0.454 e. The quantitative estimate of drug-likeness (QED) is 0.693. The first-order valence-electron chi connectivity index (χ1n) is 7.71. The van der Waals surface area contributed by atoms with Crippen LogP contribution in [0.15, 0.2) is 36.7 Å². The van der Waals surface area contributed by atoms with Gasteiger partial charge in [0.2, 0.25) is 6.79 Å². The summed E-state index contributed by atoms with van der Waals surface area (Å²) in [5.74, 6) is 2.69. The third kappa shape index (κ3) is 1.79. The van der Waals surface area contributed by atoms with Gasteiger partial charge >= 0.3 is 0 Å². The third-order valence-corrected chi connectivity index (χ3v) is 4.55. The smallest absolute Gasteiger partial charge is 0.231 e. The zero-order valence-corrected chi connectivity index (χ0v) is 12.7. The number of hydrogen-bond acceptors (Lipinski definition) is 4.